The third-order valence-corrected chi connectivity index (χ3v) is 3.95. The number of hydrogen-bond donors (Lipinski definition) is 1. The first kappa shape index (κ1) is 14.9. The van der Waals surface area contributed by atoms with Crippen molar-refractivity contribution in [2.75, 3.05) is 13.7 Å². The van der Waals surface area contributed by atoms with Gasteiger partial charge in [-0.1, -0.05) is 25.5 Å². The van der Waals surface area contributed by atoms with Crippen LogP contribution in [-0.4, -0.2) is 30.5 Å². The van der Waals surface area contributed by atoms with Crippen molar-refractivity contribution in [2.45, 2.75) is 44.7 Å². The second-order valence-corrected chi connectivity index (χ2v) is 5.36. The molecule has 0 spiro atoms. The van der Waals surface area contributed by atoms with Gasteiger partial charge in [-0.25, -0.2) is 0 Å². The molecule has 20 heavy (non-hydrogen) atoms. The topological polar surface area (TPSA) is 55.6 Å². The molecule has 2 rings (SSSR count). The van der Waals surface area contributed by atoms with Crippen molar-refractivity contribution in [3.63, 3.8) is 0 Å². The fourth-order valence-corrected chi connectivity index (χ4v) is 2.85. The van der Waals surface area contributed by atoms with Crippen molar-refractivity contribution < 1.29 is 9.53 Å². The van der Waals surface area contributed by atoms with Gasteiger partial charge in [-0.3, -0.25) is 4.79 Å². The maximum absolute atomic E-state index is 12.4. The number of hydrogen-bond acceptors (Lipinski definition) is 3. The van der Waals surface area contributed by atoms with E-state index in [-0.39, 0.29) is 18.0 Å². The summed E-state index contributed by atoms with van der Waals surface area (Å²) >= 11 is 0. The smallest absolute Gasteiger partial charge is 0.239 e. The van der Waals surface area contributed by atoms with Gasteiger partial charge in [0, 0.05) is 6.54 Å². The number of rotatable bonds is 5. The molecule has 1 heterocycles. The number of carbonyl (C=O) groups excluding carboxylic acids is 1. The van der Waals surface area contributed by atoms with Gasteiger partial charge in [-0.05, 0) is 37.0 Å². The minimum atomic E-state index is -0.362. The molecule has 0 aliphatic carbocycles. The van der Waals surface area contributed by atoms with Gasteiger partial charge in [0.2, 0.25) is 5.91 Å². The predicted octanol–water partition coefficient (Wildman–Crippen LogP) is 2.49. The molecule has 0 saturated carbocycles. The molecular formula is C16H24N2O2. The second-order valence-electron chi connectivity index (χ2n) is 5.36. The van der Waals surface area contributed by atoms with Crippen LogP contribution in [0.2, 0.25) is 0 Å². The number of amides is 1. The predicted molar refractivity (Wildman–Crippen MR) is 79.6 cm³/mol. The Bertz CT molecular complexity index is 444. The monoisotopic (exact) mass is 276 g/mol. The molecule has 110 valence electrons. The molecule has 1 aliphatic rings. The molecule has 4 nitrogen and oxygen atoms in total. The molecule has 1 fully saturated rings. The summed E-state index contributed by atoms with van der Waals surface area (Å²) in [5.41, 5.74) is 7.15. The summed E-state index contributed by atoms with van der Waals surface area (Å²) < 4.78 is 5.18. The van der Waals surface area contributed by atoms with Crippen LogP contribution >= 0.6 is 0 Å². The number of ether oxygens (including phenoxy) is 1. The van der Waals surface area contributed by atoms with E-state index in [2.05, 4.69) is 6.92 Å². The first-order chi connectivity index (χ1) is 9.67. The number of methoxy groups -OCH3 is 1. The normalized spacial score (nSPS) is 19.9. The zero-order chi connectivity index (χ0) is 14.5. The van der Waals surface area contributed by atoms with Crippen molar-refractivity contribution in [2.24, 2.45) is 5.73 Å². The minimum absolute atomic E-state index is 0.0881. The molecule has 1 saturated heterocycles. The SMILES string of the molecule is CCC[C@@H](N)C(=O)N1CCCC1c1ccc(OC)cc1. The van der Waals surface area contributed by atoms with Crippen LogP contribution in [0.1, 0.15) is 44.2 Å². The zero-order valence-corrected chi connectivity index (χ0v) is 12.3. The molecule has 0 radical (unpaired) electrons. The highest BCUT2D eigenvalue weighted by Gasteiger charge is 2.32. The number of nitrogens with two attached hydrogens (primary N) is 1. The van der Waals surface area contributed by atoms with E-state index in [9.17, 15) is 4.79 Å². The van der Waals surface area contributed by atoms with Crippen LogP contribution in [0, 0.1) is 0 Å². The van der Waals surface area contributed by atoms with Gasteiger partial charge in [0.05, 0.1) is 19.2 Å². The molecule has 1 amide bonds. The van der Waals surface area contributed by atoms with Crippen LogP contribution in [0.15, 0.2) is 24.3 Å². The minimum Gasteiger partial charge on any atom is -0.497 e. The van der Waals surface area contributed by atoms with Gasteiger partial charge < -0.3 is 15.4 Å². The van der Waals surface area contributed by atoms with E-state index in [1.54, 1.807) is 7.11 Å². The van der Waals surface area contributed by atoms with Gasteiger partial charge in [0.1, 0.15) is 5.75 Å². The Labute approximate surface area is 120 Å². The van der Waals surface area contributed by atoms with E-state index in [4.69, 9.17) is 10.5 Å². The maximum Gasteiger partial charge on any atom is 0.239 e. The highest BCUT2D eigenvalue weighted by atomic mass is 16.5. The third kappa shape index (κ3) is 3.12. The molecular weight excluding hydrogens is 252 g/mol. The quantitative estimate of drug-likeness (QED) is 0.899. The highest BCUT2D eigenvalue weighted by molar-refractivity contribution is 5.82. The summed E-state index contributed by atoms with van der Waals surface area (Å²) in [6, 6.07) is 7.78. The average Bonchev–Trinajstić information content (AvgIpc) is 2.96. The molecule has 0 aromatic heterocycles. The summed E-state index contributed by atoms with van der Waals surface area (Å²) in [6.45, 7) is 2.87. The summed E-state index contributed by atoms with van der Waals surface area (Å²) in [5.74, 6) is 0.928. The fourth-order valence-electron chi connectivity index (χ4n) is 2.85. The number of nitrogens with zero attached hydrogens (tertiary/aromatic N) is 1. The molecule has 0 bridgehead atoms. The van der Waals surface area contributed by atoms with Gasteiger partial charge in [0.15, 0.2) is 0 Å². The Morgan fingerprint density at radius 3 is 2.75 bits per heavy atom. The summed E-state index contributed by atoms with van der Waals surface area (Å²) in [7, 11) is 1.66. The molecule has 2 atom stereocenters. The Morgan fingerprint density at radius 1 is 1.45 bits per heavy atom. The van der Waals surface area contributed by atoms with Crippen molar-refractivity contribution in [1.82, 2.24) is 4.90 Å². The summed E-state index contributed by atoms with van der Waals surface area (Å²) in [4.78, 5) is 14.4. The lowest BCUT2D eigenvalue weighted by Gasteiger charge is -2.27. The lowest BCUT2D eigenvalue weighted by molar-refractivity contribution is -0.133. The number of likely N-dealkylation sites (tertiary alicyclic amines) is 1. The lowest BCUT2D eigenvalue weighted by atomic mass is 10.0. The maximum atomic E-state index is 12.4. The Balaban J connectivity index is 2.11. The largest absolute Gasteiger partial charge is 0.497 e. The van der Waals surface area contributed by atoms with E-state index in [1.807, 2.05) is 29.2 Å². The zero-order valence-electron chi connectivity index (χ0n) is 12.3. The van der Waals surface area contributed by atoms with Crippen LogP contribution in [-0.2, 0) is 4.79 Å². The molecule has 1 aromatic carbocycles. The van der Waals surface area contributed by atoms with E-state index >= 15 is 0 Å². The van der Waals surface area contributed by atoms with Gasteiger partial charge in [-0.15, -0.1) is 0 Å². The van der Waals surface area contributed by atoms with Crippen molar-refractivity contribution in [1.29, 1.82) is 0 Å². The van der Waals surface area contributed by atoms with Gasteiger partial charge >= 0.3 is 0 Å². The average molecular weight is 276 g/mol. The Kier molecular flexibility index (Phi) is 5.01. The van der Waals surface area contributed by atoms with Crippen molar-refractivity contribution >= 4 is 5.91 Å². The first-order valence-electron chi connectivity index (χ1n) is 7.37. The van der Waals surface area contributed by atoms with E-state index in [1.165, 1.54) is 5.56 Å². The van der Waals surface area contributed by atoms with E-state index in [0.717, 1.165) is 38.0 Å². The summed E-state index contributed by atoms with van der Waals surface area (Å²) in [5, 5.41) is 0. The third-order valence-electron chi connectivity index (χ3n) is 3.95. The first-order valence-corrected chi connectivity index (χ1v) is 7.37. The Morgan fingerprint density at radius 2 is 2.15 bits per heavy atom. The van der Waals surface area contributed by atoms with Gasteiger partial charge in [0.25, 0.3) is 0 Å². The van der Waals surface area contributed by atoms with Crippen LogP contribution in [0.3, 0.4) is 0 Å². The molecule has 1 unspecified atom stereocenters. The lowest BCUT2D eigenvalue weighted by Crippen LogP contribution is -2.43. The van der Waals surface area contributed by atoms with E-state index in [0.29, 0.717) is 0 Å². The van der Waals surface area contributed by atoms with E-state index < -0.39 is 0 Å². The van der Waals surface area contributed by atoms with Crippen molar-refractivity contribution in [3.8, 4) is 5.75 Å². The number of carbonyl (C=O) groups is 1. The highest BCUT2D eigenvalue weighted by Crippen LogP contribution is 2.33. The second kappa shape index (κ2) is 6.75. The summed E-state index contributed by atoms with van der Waals surface area (Å²) in [6.07, 6.45) is 3.75. The van der Waals surface area contributed by atoms with Crippen LogP contribution in [0.25, 0.3) is 0 Å². The van der Waals surface area contributed by atoms with Crippen LogP contribution < -0.4 is 10.5 Å². The molecule has 1 aliphatic heterocycles. The molecule has 1 aromatic rings. The van der Waals surface area contributed by atoms with Crippen LogP contribution in [0.5, 0.6) is 5.75 Å². The standard InChI is InChI=1S/C16H24N2O2/c1-3-5-14(17)16(19)18-11-4-6-15(18)12-7-9-13(20-2)10-8-12/h7-10,14-15H,3-6,11,17H2,1-2H3/t14-,15?/m1/s1. The molecule has 4 heteroatoms. The fraction of sp³-hybridized carbons (Fsp3) is 0.562. The van der Waals surface area contributed by atoms with Gasteiger partial charge in [-0.2, -0.15) is 0 Å². The number of benzene rings is 1. The Hall–Kier alpha value is -1.55. The van der Waals surface area contributed by atoms with Crippen molar-refractivity contribution in [3.05, 3.63) is 29.8 Å². The molecule has 2 N–H and O–H groups in total. The van der Waals surface area contributed by atoms with Crippen LogP contribution in [0.4, 0.5) is 0 Å².